The second kappa shape index (κ2) is 7.92. The van der Waals surface area contributed by atoms with E-state index in [0.29, 0.717) is 11.1 Å². The van der Waals surface area contributed by atoms with Gasteiger partial charge in [-0.15, -0.1) is 0 Å². The fraction of sp³-hybridized carbons (Fsp3) is 0.188. The molecule has 0 radical (unpaired) electrons. The van der Waals surface area contributed by atoms with E-state index < -0.39 is 0 Å². The summed E-state index contributed by atoms with van der Waals surface area (Å²) in [6.45, 7) is 7.30. The number of aliphatic hydroxyl groups is 2. The largest absolute Gasteiger partial charge is 0.506 e. The smallest absolute Gasteiger partial charge is 0.137 e. The first-order valence-corrected chi connectivity index (χ1v) is 12.4. The van der Waals surface area contributed by atoms with Gasteiger partial charge in [-0.25, -0.2) is 0 Å². The number of rotatable bonds is 3. The molecule has 4 heteroatoms. The molecule has 0 saturated heterocycles. The lowest BCUT2D eigenvalue weighted by Gasteiger charge is -2.31. The van der Waals surface area contributed by atoms with Gasteiger partial charge in [-0.3, -0.25) is 0 Å². The number of likely N-dealkylation sites (N-methyl/N-ethyl adjacent to an activating group) is 2. The molecule has 0 spiro atoms. The van der Waals surface area contributed by atoms with Crippen molar-refractivity contribution in [1.29, 1.82) is 0 Å². The molecule has 2 heterocycles. The Morgan fingerprint density at radius 2 is 1.50 bits per heavy atom. The number of hydrogen-bond donors (Lipinski definition) is 2. The van der Waals surface area contributed by atoms with E-state index in [-0.39, 0.29) is 16.9 Å². The van der Waals surface area contributed by atoms with Crippen LogP contribution in [0.3, 0.4) is 0 Å². The van der Waals surface area contributed by atoms with Gasteiger partial charge in [0.2, 0.25) is 0 Å². The quantitative estimate of drug-likeness (QED) is 0.412. The van der Waals surface area contributed by atoms with Gasteiger partial charge in [0.05, 0.1) is 11.1 Å². The van der Waals surface area contributed by atoms with Gasteiger partial charge < -0.3 is 20.0 Å². The van der Waals surface area contributed by atoms with E-state index in [9.17, 15) is 10.2 Å². The van der Waals surface area contributed by atoms with Gasteiger partial charge in [0.15, 0.2) is 0 Å². The van der Waals surface area contributed by atoms with Gasteiger partial charge in [0.1, 0.15) is 11.5 Å². The molecule has 0 unspecified atom stereocenters. The van der Waals surface area contributed by atoms with Crippen LogP contribution in [-0.2, 0) is 5.41 Å². The average molecular weight is 475 g/mol. The summed E-state index contributed by atoms with van der Waals surface area (Å²) in [7, 11) is 2.05. The lowest BCUT2D eigenvalue weighted by Crippen LogP contribution is -2.25. The Hall–Kier alpha value is -4.18. The molecule has 6 rings (SSSR count). The van der Waals surface area contributed by atoms with E-state index in [1.165, 1.54) is 16.3 Å². The van der Waals surface area contributed by atoms with Crippen LogP contribution in [0.4, 0.5) is 11.4 Å². The highest BCUT2D eigenvalue weighted by Crippen LogP contribution is 2.51. The van der Waals surface area contributed by atoms with Crippen molar-refractivity contribution < 1.29 is 10.2 Å². The monoisotopic (exact) mass is 474 g/mol. The molecule has 4 nitrogen and oxygen atoms in total. The van der Waals surface area contributed by atoms with Crippen LogP contribution in [0.25, 0.3) is 16.8 Å². The first kappa shape index (κ1) is 22.3. The molecule has 3 aromatic carbocycles. The first-order valence-electron chi connectivity index (χ1n) is 12.4. The number of para-hydroxylation sites is 1. The Labute approximate surface area is 212 Å². The van der Waals surface area contributed by atoms with Crippen molar-refractivity contribution in [2.45, 2.75) is 26.2 Å². The number of hydrogen-bond acceptors (Lipinski definition) is 4. The summed E-state index contributed by atoms with van der Waals surface area (Å²) >= 11 is 0. The zero-order valence-corrected chi connectivity index (χ0v) is 21.1. The molecule has 0 aromatic heterocycles. The van der Waals surface area contributed by atoms with Crippen LogP contribution in [0.1, 0.15) is 31.9 Å². The first-order chi connectivity index (χ1) is 17.3. The zero-order valence-electron chi connectivity index (χ0n) is 21.1. The third-order valence-electron chi connectivity index (χ3n) is 7.78. The van der Waals surface area contributed by atoms with E-state index in [2.05, 4.69) is 92.2 Å². The van der Waals surface area contributed by atoms with Crippen LogP contribution in [0, 0.1) is 0 Å². The maximum absolute atomic E-state index is 11.0. The highest BCUT2D eigenvalue weighted by atomic mass is 16.3. The van der Waals surface area contributed by atoms with Crippen molar-refractivity contribution in [3.63, 3.8) is 0 Å². The molecule has 3 aliphatic rings. The van der Waals surface area contributed by atoms with Crippen molar-refractivity contribution in [3.05, 3.63) is 124 Å². The Bertz CT molecular complexity index is 1580. The molecule has 2 N–H and O–H groups in total. The lowest BCUT2D eigenvalue weighted by atomic mass is 9.79. The van der Waals surface area contributed by atoms with E-state index in [4.69, 9.17) is 0 Å². The van der Waals surface area contributed by atoms with Gasteiger partial charge in [0, 0.05) is 41.8 Å². The molecule has 0 amide bonds. The van der Waals surface area contributed by atoms with Crippen molar-refractivity contribution in [2.75, 3.05) is 23.4 Å². The summed E-state index contributed by atoms with van der Waals surface area (Å²) < 4.78 is 0. The molecule has 0 fully saturated rings. The zero-order chi connectivity index (χ0) is 25.2. The minimum Gasteiger partial charge on any atom is -0.506 e. The van der Waals surface area contributed by atoms with Gasteiger partial charge in [-0.2, -0.15) is 0 Å². The molecule has 36 heavy (non-hydrogen) atoms. The molecule has 2 aliphatic heterocycles. The average Bonchev–Trinajstić information content (AvgIpc) is 3.09. The second-order valence-electron chi connectivity index (χ2n) is 10.1. The second-order valence-corrected chi connectivity index (χ2v) is 10.1. The Morgan fingerprint density at radius 1 is 0.806 bits per heavy atom. The summed E-state index contributed by atoms with van der Waals surface area (Å²) in [4.78, 5) is 4.36. The maximum Gasteiger partial charge on any atom is 0.137 e. The van der Waals surface area contributed by atoms with Gasteiger partial charge in [-0.1, -0.05) is 68.5 Å². The standard InChI is InChI=1S/C32H30N2O2/c1-5-34-22(16-14-21-11-7-9-13-26(21)34)18-24-30(35)25(31(24)36)19-28-32(2,3)29-23-12-8-6-10-20(23)15-17-27(29)33(28)4/h6-19,35-36H,5H2,1-4H3. The number of benzene rings is 3. The molecule has 1 aliphatic carbocycles. The molecule has 3 aromatic rings. The number of allylic oxidation sites excluding steroid dienone is 4. The summed E-state index contributed by atoms with van der Waals surface area (Å²) in [5.74, 6) is 0.252. The number of nitrogens with zero attached hydrogens (tertiary/aromatic N) is 2. The summed E-state index contributed by atoms with van der Waals surface area (Å²) in [6.07, 6.45) is 7.91. The molecular formula is C32H30N2O2. The molecule has 0 bridgehead atoms. The third-order valence-corrected chi connectivity index (χ3v) is 7.78. The fourth-order valence-corrected chi connectivity index (χ4v) is 5.92. The van der Waals surface area contributed by atoms with Crippen LogP contribution in [0.15, 0.2) is 113 Å². The predicted molar refractivity (Wildman–Crippen MR) is 149 cm³/mol. The Morgan fingerprint density at radius 3 is 2.28 bits per heavy atom. The highest BCUT2D eigenvalue weighted by molar-refractivity contribution is 5.95. The SMILES string of the molecule is CCN1C(=CC2=C(O)C(C=C3N(C)c4ccc5ccccc5c4C3(C)C)=C2O)C=Cc2ccccc21. The topological polar surface area (TPSA) is 46.9 Å². The number of anilines is 2. The van der Waals surface area contributed by atoms with Gasteiger partial charge in [-0.05, 0) is 59.2 Å². The van der Waals surface area contributed by atoms with Crippen LogP contribution < -0.4 is 9.80 Å². The number of fused-ring (bicyclic) bond motifs is 4. The Kier molecular flexibility index (Phi) is 4.91. The molecular weight excluding hydrogens is 444 g/mol. The predicted octanol–water partition coefficient (Wildman–Crippen LogP) is 7.53. The summed E-state index contributed by atoms with van der Waals surface area (Å²) in [5, 5.41) is 24.5. The molecule has 0 atom stereocenters. The molecule has 180 valence electrons. The van der Waals surface area contributed by atoms with E-state index in [0.717, 1.165) is 34.9 Å². The normalized spacial score (nSPS) is 20.4. The van der Waals surface area contributed by atoms with Crippen LogP contribution in [-0.4, -0.2) is 23.8 Å². The fourth-order valence-electron chi connectivity index (χ4n) is 5.92. The van der Waals surface area contributed by atoms with Crippen LogP contribution in [0.2, 0.25) is 0 Å². The highest BCUT2D eigenvalue weighted by Gasteiger charge is 2.41. The third kappa shape index (κ3) is 3.07. The minimum atomic E-state index is -0.290. The minimum absolute atomic E-state index is 0.126. The van der Waals surface area contributed by atoms with E-state index >= 15 is 0 Å². The van der Waals surface area contributed by atoms with Crippen molar-refractivity contribution in [3.8, 4) is 0 Å². The van der Waals surface area contributed by atoms with Crippen molar-refractivity contribution in [1.82, 2.24) is 0 Å². The van der Waals surface area contributed by atoms with Crippen LogP contribution >= 0.6 is 0 Å². The van der Waals surface area contributed by atoms with Gasteiger partial charge >= 0.3 is 0 Å². The number of aliphatic hydroxyl groups excluding tert-OH is 2. The maximum atomic E-state index is 11.0. The lowest BCUT2D eigenvalue weighted by molar-refractivity contribution is 0.354. The van der Waals surface area contributed by atoms with Crippen LogP contribution in [0.5, 0.6) is 0 Å². The van der Waals surface area contributed by atoms with Crippen molar-refractivity contribution >= 4 is 28.2 Å². The Balaban J connectivity index is 1.37. The van der Waals surface area contributed by atoms with Gasteiger partial charge in [0.25, 0.3) is 0 Å². The summed E-state index contributed by atoms with van der Waals surface area (Å²) in [5.41, 5.74) is 7.34. The summed E-state index contributed by atoms with van der Waals surface area (Å²) in [6, 6.07) is 21.0. The van der Waals surface area contributed by atoms with E-state index in [1.807, 2.05) is 30.4 Å². The molecule has 0 saturated carbocycles. The van der Waals surface area contributed by atoms with Crippen molar-refractivity contribution in [2.24, 2.45) is 0 Å². The van der Waals surface area contributed by atoms with E-state index in [1.54, 1.807) is 0 Å².